The number of methoxy groups -OCH3 is 1. The predicted molar refractivity (Wildman–Crippen MR) is 109 cm³/mol. The van der Waals surface area contributed by atoms with E-state index in [0.717, 1.165) is 6.07 Å². The minimum absolute atomic E-state index is 0.0106. The van der Waals surface area contributed by atoms with Gasteiger partial charge in [0.05, 0.1) is 29.9 Å². The van der Waals surface area contributed by atoms with Gasteiger partial charge in [0.25, 0.3) is 0 Å². The van der Waals surface area contributed by atoms with E-state index < -0.39 is 23.0 Å². The van der Waals surface area contributed by atoms with Gasteiger partial charge in [0.15, 0.2) is 11.6 Å². The van der Waals surface area contributed by atoms with Crippen molar-refractivity contribution in [1.82, 2.24) is 15.2 Å². The second kappa shape index (κ2) is 10.2. The molecule has 0 atom stereocenters. The third-order valence-corrected chi connectivity index (χ3v) is 4.58. The lowest BCUT2D eigenvalue weighted by Crippen LogP contribution is -2.20. The Hall–Kier alpha value is -3.52. The number of carbonyl (C=O) groups is 1. The molecule has 3 aromatic rings. The largest absolute Gasteiger partial charge is 0.488 e. The summed E-state index contributed by atoms with van der Waals surface area (Å²) < 4.78 is 62.6. The summed E-state index contributed by atoms with van der Waals surface area (Å²) in [6.07, 6.45) is -1.63. The Bertz CT molecular complexity index is 1060. The molecule has 2 aromatic heterocycles. The molecule has 2 heterocycles. The topological polar surface area (TPSA) is 110 Å². The van der Waals surface area contributed by atoms with Crippen LogP contribution in [0, 0.1) is 5.82 Å². The minimum Gasteiger partial charge on any atom is -0.488 e. The summed E-state index contributed by atoms with van der Waals surface area (Å²) >= 11 is 0.153. The molecule has 0 radical (unpaired) electrons. The second-order valence-corrected chi connectivity index (χ2v) is 7.00. The molecule has 1 aromatic carbocycles. The lowest BCUT2D eigenvalue weighted by atomic mass is 10.2. The third-order valence-electron chi connectivity index (χ3n) is 3.69. The van der Waals surface area contributed by atoms with E-state index in [0.29, 0.717) is 5.69 Å². The lowest BCUT2D eigenvalue weighted by Gasteiger charge is -2.16. The smallest absolute Gasteiger partial charge is 0.445 e. The quantitative estimate of drug-likeness (QED) is 0.327. The molecule has 0 aliphatic heterocycles. The molecule has 14 heteroatoms. The van der Waals surface area contributed by atoms with Crippen molar-refractivity contribution in [3.63, 3.8) is 0 Å². The molecular weight excluding hydrogens is 456 g/mol. The monoisotopic (exact) mass is 472 g/mol. The zero-order valence-corrected chi connectivity index (χ0v) is 17.2. The number of aromatic nitrogens is 3. The van der Waals surface area contributed by atoms with E-state index in [4.69, 9.17) is 9.47 Å². The van der Waals surface area contributed by atoms with Crippen molar-refractivity contribution in [3.8, 4) is 5.75 Å². The third kappa shape index (κ3) is 6.24. The fourth-order valence-corrected chi connectivity index (χ4v) is 2.94. The van der Waals surface area contributed by atoms with Crippen LogP contribution in [0.25, 0.3) is 0 Å². The summed E-state index contributed by atoms with van der Waals surface area (Å²) in [5.74, 6) is -0.873. The van der Waals surface area contributed by atoms with Gasteiger partial charge in [-0.25, -0.2) is 9.18 Å². The van der Waals surface area contributed by atoms with Gasteiger partial charge < -0.3 is 20.1 Å². The van der Waals surface area contributed by atoms with E-state index >= 15 is 0 Å². The number of anilines is 4. The number of benzene rings is 1. The SMILES string of the molecule is COCCOc1cc(Nc2cccnc2)c(NC(=O)Nc2nnc(C(F)(F)F)s2)cc1F. The number of pyridine rings is 1. The van der Waals surface area contributed by atoms with Crippen LogP contribution in [0.2, 0.25) is 0 Å². The van der Waals surface area contributed by atoms with E-state index in [1.54, 1.807) is 18.3 Å². The summed E-state index contributed by atoms with van der Waals surface area (Å²) in [5, 5.41) is 12.1. The Morgan fingerprint density at radius 1 is 1.16 bits per heavy atom. The number of hydrogen-bond donors (Lipinski definition) is 3. The van der Waals surface area contributed by atoms with E-state index in [9.17, 15) is 22.4 Å². The molecule has 0 bridgehead atoms. The van der Waals surface area contributed by atoms with Gasteiger partial charge in [0.1, 0.15) is 6.61 Å². The molecule has 0 fully saturated rings. The highest BCUT2D eigenvalue weighted by Crippen LogP contribution is 2.34. The maximum Gasteiger partial charge on any atom is 0.445 e. The van der Waals surface area contributed by atoms with Crippen LogP contribution >= 0.6 is 11.3 Å². The maximum atomic E-state index is 14.5. The van der Waals surface area contributed by atoms with E-state index in [1.165, 1.54) is 19.4 Å². The van der Waals surface area contributed by atoms with Gasteiger partial charge in [-0.05, 0) is 12.1 Å². The fourth-order valence-electron chi connectivity index (χ4n) is 2.34. The van der Waals surface area contributed by atoms with Gasteiger partial charge in [-0.1, -0.05) is 11.3 Å². The number of halogens is 4. The first-order chi connectivity index (χ1) is 15.3. The van der Waals surface area contributed by atoms with Crippen LogP contribution in [0.1, 0.15) is 5.01 Å². The zero-order chi connectivity index (χ0) is 23.1. The van der Waals surface area contributed by atoms with Crippen LogP contribution in [0.15, 0.2) is 36.7 Å². The van der Waals surface area contributed by atoms with Crippen molar-refractivity contribution in [2.24, 2.45) is 0 Å². The highest BCUT2D eigenvalue weighted by Gasteiger charge is 2.35. The summed E-state index contributed by atoms with van der Waals surface area (Å²) in [7, 11) is 1.47. The van der Waals surface area contributed by atoms with Crippen LogP contribution in [0.4, 0.5) is 44.5 Å². The minimum atomic E-state index is -4.68. The molecule has 0 aliphatic rings. The number of alkyl halides is 3. The molecule has 2 amide bonds. The van der Waals surface area contributed by atoms with Crippen LogP contribution in [0.3, 0.4) is 0 Å². The average molecular weight is 472 g/mol. The van der Waals surface area contributed by atoms with E-state index in [1.807, 2.05) is 0 Å². The zero-order valence-electron chi connectivity index (χ0n) is 16.4. The Balaban J connectivity index is 1.80. The first kappa shape index (κ1) is 23.1. The molecule has 32 heavy (non-hydrogen) atoms. The van der Waals surface area contributed by atoms with Gasteiger partial charge >= 0.3 is 12.2 Å². The Morgan fingerprint density at radius 2 is 1.97 bits per heavy atom. The van der Waals surface area contributed by atoms with Crippen molar-refractivity contribution in [2.45, 2.75) is 6.18 Å². The first-order valence-corrected chi connectivity index (χ1v) is 9.69. The molecule has 0 unspecified atom stereocenters. The number of ether oxygens (including phenoxy) is 2. The lowest BCUT2D eigenvalue weighted by molar-refractivity contribution is -0.138. The number of rotatable bonds is 8. The second-order valence-electron chi connectivity index (χ2n) is 6.03. The summed E-state index contributed by atoms with van der Waals surface area (Å²) in [5.41, 5.74) is 0.767. The van der Waals surface area contributed by atoms with E-state index in [2.05, 4.69) is 31.1 Å². The molecule has 3 rings (SSSR count). The number of hydrogen-bond acceptors (Lipinski definition) is 8. The van der Waals surface area contributed by atoms with Gasteiger partial charge in [-0.3, -0.25) is 10.3 Å². The molecule has 170 valence electrons. The number of carbonyl (C=O) groups excluding carboxylic acids is 1. The van der Waals surface area contributed by atoms with Crippen molar-refractivity contribution < 1.29 is 31.8 Å². The van der Waals surface area contributed by atoms with Gasteiger partial charge in [-0.2, -0.15) is 13.2 Å². The molecular formula is C18H16F4N6O3S. The summed E-state index contributed by atoms with van der Waals surface area (Å²) in [4.78, 5) is 16.2. The molecule has 3 N–H and O–H groups in total. The standard InChI is InChI=1S/C18H16F4N6O3S/c1-30-5-6-31-14-8-13(24-10-3-2-4-23-9-10)12(7-11(14)19)25-16(29)26-17-28-27-15(32-17)18(20,21)22/h2-4,7-9,24H,5-6H2,1H3,(H2,25,26,28,29). The molecule has 0 aliphatic carbocycles. The van der Waals surface area contributed by atoms with Crippen molar-refractivity contribution in [2.75, 3.05) is 36.3 Å². The predicted octanol–water partition coefficient (Wildman–Crippen LogP) is 4.50. The first-order valence-electron chi connectivity index (χ1n) is 8.87. The summed E-state index contributed by atoms with van der Waals surface area (Å²) in [6.45, 7) is 0.320. The van der Waals surface area contributed by atoms with Crippen LogP contribution in [0.5, 0.6) is 5.75 Å². The van der Waals surface area contributed by atoms with Gasteiger partial charge in [0.2, 0.25) is 10.1 Å². The molecule has 0 spiro atoms. The van der Waals surface area contributed by atoms with Crippen LogP contribution in [-0.2, 0) is 10.9 Å². The Labute approximate surface area is 182 Å². The van der Waals surface area contributed by atoms with Gasteiger partial charge in [0, 0.05) is 25.4 Å². The Kier molecular flexibility index (Phi) is 7.37. The molecule has 0 saturated heterocycles. The Morgan fingerprint density at radius 3 is 2.62 bits per heavy atom. The molecule has 9 nitrogen and oxygen atoms in total. The van der Waals surface area contributed by atoms with Crippen LogP contribution < -0.4 is 20.7 Å². The summed E-state index contributed by atoms with van der Waals surface area (Å²) in [6, 6.07) is 4.72. The fraction of sp³-hybridized carbons (Fsp3) is 0.222. The van der Waals surface area contributed by atoms with Gasteiger partial charge in [-0.15, -0.1) is 10.2 Å². The number of nitrogens with zero attached hydrogens (tertiary/aromatic N) is 3. The molecule has 0 saturated carbocycles. The highest BCUT2D eigenvalue weighted by atomic mass is 32.1. The van der Waals surface area contributed by atoms with Crippen molar-refractivity contribution in [1.29, 1.82) is 0 Å². The number of amides is 2. The van der Waals surface area contributed by atoms with Crippen LogP contribution in [-0.4, -0.2) is 41.5 Å². The normalized spacial score (nSPS) is 11.2. The highest BCUT2D eigenvalue weighted by molar-refractivity contribution is 7.15. The van der Waals surface area contributed by atoms with Crippen molar-refractivity contribution >= 4 is 39.6 Å². The van der Waals surface area contributed by atoms with E-state index in [-0.39, 0.29) is 46.8 Å². The number of nitrogens with one attached hydrogen (secondary N) is 3. The number of urea groups is 1. The average Bonchev–Trinajstić information content (AvgIpc) is 3.21. The maximum absolute atomic E-state index is 14.5. The van der Waals surface area contributed by atoms with Crippen molar-refractivity contribution in [3.05, 3.63) is 47.5 Å².